The number of hydrogen-bond acceptors (Lipinski definition) is 2. The number of hydrogen-bond donors (Lipinski definition) is 0. The standard InChI is InChI=1S/2C4H10S.2C2H5.Sn/c2*1-4(2,3)5;2*1-2;/h2*5H,1-3H3;2*1H2,2H3;/q;;;;+2/p-2. The van der Waals surface area contributed by atoms with Crippen LogP contribution in [0.3, 0.4) is 0 Å². The van der Waals surface area contributed by atoms with Gasteiger partial charge in [-0.1, -0.05) is 69.2 Å². The second-order valence-electron chi connectivity index (χ2n) is 4.22. The second-order valence-corrected chi connectivity index (χ2v) is 6.67. The molecule has 0 atom stereocenters. The molecule has 0 unspecified atom stereocenters. The summed E-state index contributed by atoms with van der Waals surface area (Å²) in [6.45, 7) is 22.0. The Bertz CT molecular complexity index is 56.6. The molecular weight excluding hydrogens is 327 g/mol. The molecule has 0 aliphatic rings. The zero-order valence-corrected chi connectivity index (χ0v) is 16.2. The minimum absolute atomic E-state index is 0. The van der Waals surface area contributed by atoms with Crippen molar-refractivity contribution < 1.29 is 0 Å². The van der Waals surface area contributed by atoms with E-state index >= 15 is 0 Å². The molecular formula is C12H28S2Sn. The Labute approximate surface area is 127 Å². The Hall–Kier alpha value is 1.50. The molecule has 0 nitrogen and oxygen atoms in total. The molecule has 3 heteroatoms. The van der Waals surface area contributed by atoms with Crippen molar-refractivity contribution in [1.82, 2.24) is 0 Å². The first-order valence-corrected chi connectivity index (χ1v) is 5.64. The van der Waals surface area contributed by atoms with Gasteiger partial charge in [0, 0.05) is 0 Å². The third kappa shape index (κ3) is 1260. The normalized spacial score (nSPS) is 8.80. The Morgan fingerprint density at radius 2 is 0.600 bits per heavy atom. The summed E-state index contributed by atoms with van der Waals surface area (Å²) in [5.41, 5.74) is 0. The van der Waals surface area contributed by atoms with E-state index in [2.05, 4.69) is 13.8 Å². The maximum absolute atomic E-state index is 4.83. The molecule has 0 N–H and O–H groups in total. The molecule has 0 rings (SSSR count). The molecule has 0 spiro atoms. The van der Waals surface area contributed by atoms with Gasteiger partial charge in [0.2, 0.25) is 0 Å². The van der Waals surface area contributed by atoms with E-state index in [4.69, 9.17) is 25.3 Å². The average molecular weight is 355 g/mol. The van der Waals surface area contributed by atoms with Crippen molar-refractivity contribution in [2.45, 2.75) is 64.9 Å². The van der Waals surface area contributed by atoms with Gasteiger partial charge >= 0.3 is 23.9 Å². The molecule has 4 radical (unpaired) electrons. The van der Waals surface area contributed by atoms with Crippen molar-refractivity contribution >= 4 is 49.2 Å². The summed E-state index contributed by atoms with van der Waals surface area (Å²) in [7, 11) is 0. The first-order chi connectivity index (χ1) is 6.00. The predicted octanol–water partition coefficient (Wildman–Crippen LogP) is 3.96. The van der Waals surface area contributed by atoms with E-state index in [-0.39, 0.29) is 33.4 Å². The van der Waals surface area contributed by atoms with E-state index in [1.54, 1.807) is 13.8 Å². The SMILES string of the molecule is CC(C)(C)[S-].CC(C)(C)[S-].[CH2]C.[CH2]C.[Sn+2]. The van der Waals surface area contributed by atoms with Gasteiger partial charge in [-0.2, -0.15) is 9.49 Å². The van der Waals surface area contributed by atoms with Gasteiger partial charge in [0.1, 0.15) is 0 Å². The van der Waals surface area contributed by atoms with Gasteiger partial charge in [-0.15, -0.1) is 0 Å². The summed E-state index contributed by atoms with van der Waals surface area (Å²) in [6.07, 6.45) is 0. The van der Waals surface area contributed by atoms with Gasteiger partial charge in [-0.3, -0.25) is 0 Å². The summed E-state index contributed by atoms with van der Waals surface area (Å²) < 4.78 is 0.167. The topological polar surface area (TPSA) is 0 Å². The van der Waals surface area contributed by atoms with Crippen molar-refractivity contribution in [3.8, 4) is 0 Å². The smallest absolute Gasteiger partial charge is 0.787 e. The van der Waals surface area contributed by atoms with Gasteiger partial charge in [-0.05, 0) is 0 Å². The second kappa shape index (κ2) is 17.9. The molecule has 0 amide bonds. The van der Waals surface area contributed by atoms with Crippen LogP contribution in [0.4, 0.5) is 0 Å². The Kier molecular flexibility index (Phi) is 35.7. The third-order valence-corrected chi connectivity index (χ3v) is 0. The van der Waals surface area contributed by atoms with Crippen LogP contribution in [-0.2, 0) is 25.3 Å². The molecule has 0 aromatic rings. The van der Waals surface area contributed by atoms with Crippen LogP contribution in [0.2, 0.25) is 0 Å². The van der Waals surface area contributed by atoms with Crippen LogP contribution in [-0.4, -0.2) is 33.4 Å². The van der Waals surface area contributed by atoms with Gasteiger partial charge in [0.25, 0.3) is 0 Å². The monoisotopic (exact) mass is 356 g/mol. The number of rotatable bonds is 0. The minimum Gasteiger partial charge on any atom is -0.787 e. The van der Waals surface area contributed by atoms with Crippen molar-refractivity contribution in [2.75, 3.05) is 0 Å². The molecule has 0 saturated carbocycles. The fourth-order valence-corrected chi connectivity index (χ4v) is 0. The zero-order chi connectivity index (χ0) is 13.0. The molecule has 0 heterocycles. The Morgan fingerprint density at radius 1 is 0.600 bits per heavy atom. The summed E-state index contributed by atoms with van der Waals surface area (Å²) >= 11 is 9.65. The van der Waals surface area contributed by atoms with Crippen LogP contribution < -0.4 is 0 Å². The van der Waals surface area contributed by atoms with Crippen molar-refractivity contribution in [2.24, 2.45) is 0 Å². The van der Waals surface area contributed by atoms with Gasteiger partial charge in [-0.25, -0.2) is 0 Å². The molecule has 0 saturated heterocycles. The van der Waals surface area contributed by atoms with Crippen LogP contribution in [0, 0.1) is 13.8 Å². The molecule has 0 aliphatic carbocycles. The first-order valence-electron chi connectivity index (χ1n) is 4.82. The fourth-order valence-electron chi connectivity index (χ4n) is 0. The molecule has 0 aromatic carbocycles. The van der Waals surface area contributed by atoms with E-state index in [1.807, 2.05) is 41.5 Å². The quantitative estimate of drug-likeness (QED) is 0.477. The summed E-state index contributed by atoms with van der Waals surface area (Å²) in [5, 5.41) is 0. The molecule has 0 aromatic heterocycles. The predicted molar refractivity (Wildman–Crippen MR) is 82.1 cm³/mol. The Balaban J connectivity index is -0.0000000318. The van der Waals surface area contributed by atoms with Crippen LogP contribution in [0.15, 0.2) is 0 Å². The maximum Gasteiger partial charge on any atom is 2.00 e. The summed E-state index contributed by atoms with van der Waals surface area (Å²) in [6, 6.07) is 0. The van der Waals surface area contributed by atoms with Gasteiger partial charge in [0.05, 0.1) is 0 Å². The van der Waals surface area contributed by atoms with Crippen LogP contribution in [0.5, 0.6) is 0 Å². The molecule has 0 bridgehead atoms. The molecule has 0 fully saturated rings. The molecule has 15 heavy (non-hydrogen) atoms. The van der Waals surface area contributed by atoms with Crippen molar-refractivity contribution in [3.05, 3.63) is 13.8 Å². The average Bonchev–Trinajstić information content (AvgIpc) is 1.88. The summed E-state index contributed by atoms with van der Waals surface area (Å²) in [5.74, 6) is 0. The van der Waals surface area contributed by atoms with Crippen molar-refractivity contribution in [3.63, 3.8) is 0 Å². The van der Waals surface area contributed by atoms with Gasteiger partial charge in [0.15, 0.2) is 0 Å². The molecule has 0 aliphatic heterocycles. The Morgan fingerprint density at radius 3 is 0.600 bits per heavy atom. The van der Waals surface area contributed by atoms with Crippen LogP contribution >= 0.6 is 0 Å². The van der Waals surface area contributed by atoms with E-state index in [0.717, 1.165) is 0 Å². The zero-order valence-electron chi connectivity index (χ0n) is 11.7. The van der Waals surface area contributed by atoms with Crippen LogP contribution in [0.25, 0.3) is 0 Å². The third-order valence-electron chi connectivity index (χ3n) is 0. The van der Waals surface area contributed by atoms with E-state index < -0.39 is 0 Å². The van der Waals surface area contributed by atoms with E-state index in [1.165, 1.54) is 0 Å². The van der Waals surface area contributed by atoms with Gasteiger partial charge < -0.3 is 25.3 Å². The van der Waals surface area contributed by atoms with Crippen molar-refractivity contribution in [1.29, 1.82) is 0 Å². The first kappa shape index (κ1) is 30.0. The summed E-state index contributed by atoms with van der Waals surface area (Å²) in [4.78, 5) is 0. The largest absolute Gasteiger partial charge is 2.00 e. The maximum atomic E-state index is 4.83. The van der Waals surface area contributed by atoms with E-state index in [0.29, 0.717) is 0 Å². The molecule has 92 valence electrons. The van der Waals surface area contributed by atoms with E-state index in [9.17, 15) is 0 Å². The fraction of sp³-hybridized carbons (Fsp3) is 0.833. The minimum atomic E-state index is 0. The van der Waals surface area contributed by atoms with Crippen LogP contribution in [0.1, 0.15) is 55.4 Å².